The van der Waals surface area contributed by atoms with Crippen molar-refractivity contribution in [2.45, 2.75) is 20.8 Å². The van der Waals surface area contributed by atoms with Gasteiger partial charge in [0.25, 0.3) is 0 Å². The van der Waals surface area contributed by atoms with Gasteiger partial charge in [-0.1, -0.05) is 0 Å². The fraction of sp³-hybridized carbons (Fsp3) is 1.00. The van der Waals surface area contributed by atoms with Crippen LogP contribution in [0, 0.1) is 0 Å². The summed E-state index contributed by atoms with van der Waals surface area (Å²) in [7, 11) is -0.472. The first-order valence-corrected chi connectivity index (χ1v) is 3.69. The molecule has 0 aromatic heterocycles. The van der Waals surface area contributed by atoms with Gasteiger partial charge >= 0.3 is 7.32 Å². The predicted octanol–water partition coefficient (Wildman–Crippen LogP) is 1.08. The Kier molecular flexibility index (Phi) is 7.02. The molecule has 0 aliphatic rings. The second-order valence-electron chi connectivity index (χ2n) is 1.65. The van der Waals surface area contributed by atoms with Crippen LogP contribution in [0.1, 0.15) is 20.8 Å². The third-order valence-corrected chi connectivity index (χ3v) is 0.908. The van der Waals surface area contributed by atoms with Gasteiger partial charge < -0.3 is 14.0 Å². The Morgan fingerprint density at radius 2 is 1.10 bits per heavy atom. The highest BCUT2D eigenvalue weighted by molar-refractivity contribution is 6.36. The Morgan fingerprint density at radius 1 is 0.800 bits per heavy atom. The van der Waals surface area contributed by atoms with Gasteiger partial charge in [0.05, 0.1) is 0 Å². The van der Waals surface area contributed by atoms with Crippen LogP contribution in [0.4, 0.5) is 0 Å². The van der Waals surface area contributed by atoms with Gasteiger partial charge in [-0.2, -0.15) is 0 Å². The van der Waals surface area contributed by atoms with Crippen molar-refractivity contribution in [3.63, 3.8) is 0 Å². The number of hydrogen-bond donors (Lipinski definition) is 0. The Labute approximate surface area is 62.8 Å². The molecule has 10 heavy (non-hydrogen) atoms. The molecular weight excluding hydrogens is 131 g/mol. The zero-order chi connectivity index (χ0) is 7.82. The van der Waals surface area contributed by atoms with E-state index in [1.54, 1.807) is 0 Å². The Bertz CT molecular complexity index is 55.7. The summed E-state index contributed by atoms with van der Waals surface area (Å²) in [5, 5.41) is 0. The van der Waals surface area contributed by atoms with E-state index in [1.165, 1.54) is 0 Å². The zero-order valence-electron chi connectivity index (χ0n) is 6.92. The molecule has 0 saturated carbocycles. The molecule has 0 aromatic carbocycles. The lowest BCUT2D eigenvalue weighted by Gasteiger charge is -2.28. The molecule has 0 bridgehead atoms. The highest BCUT2D eigenvalue weighted by Gasteiger charge is 1.95. The fourth-order valence-corrected chi connectivity index (χ4v) is 0.553. The van der Waals surface area contributed by atoms with Crippen molar-refractivity contribution in [2.24, 2.45) is 0 Å². The largest absolute Gasteiger partial charge is 0.567 e. The molecule has 0 spiro atoms. The third-order valence-electron chi connectivity index (χ3n) is 0.908. The van der Waals surface area contributed by atoms with E-state index in [1.807, 2.05) is 20.8 Å². The van der Waals surface area contributed by atoms with Gasteiger partial charge in [0.1, 0.15) is 0 Å². The van der Waals surface area contributed by atoms with Crippen LogP contribution in [0.15, 0.2) is 0 Å². The molecule has 61 valence electrons. The number of rotatable bonds is 6. The van der Waals surface area contributed by atoms with E-state index in [-0.39, 0.29) is 0 Å². The minimum atomic E-state index is -0.472. The quantitative estimate of drug-likeness (QED) is 0.524. The molecule has 0 saturated heterocycles. The molecular formula is C6H15BO3-. The van der Waals surface area contributed by atoms with Crippen LogP contribution in [0.5, 0.6) is 0 Å². The summed E-state index contributed by atoms with van der Waals surface area (Å²) in [6.45, 7) is 7.57. The maximum atomic E-state index is 5.08. The average Bonchev–Trinajstić information content (AvgIpc) is 1.90. The van der Waals surface area contributed by atoms with Crippen molar-refractivity contribution >= 4 is 7.32 Å². The van der Waals surface area contributed by atoms with E-state index < -0.39 is 7.32 Å². The van der Waals surface area contributed by atoms with E-state index in [9.17, 15) is 0 Å². The minimum absolute atomic E-state index is 0.472. The van der Waals surface area contributed by atoms with E-state index in [2.05, 4.69) is 0 Å². The first kappa shape index (κ1) is 9.94. The van der Waals surface area contributed by atoms with Crippen molar-refractivity contribution < 1.29 is 14.0 Å². The van der Waals surface area contributed by atoms with Gasteiger partial charge in [-0.15, -0.1) is 0 Å². The van der Waals surface area contributed by atoms with Crippen LogP contribution in [-0.4, -0.2) is 27.1 Å². The minimum Gasteiger partial charge on any atom is -0.567 e. The highest BCUT2D eigenvalue weighted by atomic mass is 16.7. The van der Waals surface area contributed by atoms with Crippen molar-refractivity contribution in [3.8, 4) is 0 Å². The molecule has 0 unspecified atom stereocenters. The lowest BCUT2D eigenvalue weighted by Crippen LogP contribution is -2.27. The molecule has 0 aromatic rings. The lowest BCUT2D eigenvalue weighted by molar-refractivity contribution is 0.107. The van der Waals surface area contributed by atoms with Crippen molar-refractivity contribution in [1.82, 2.24) is 0 Å². The fourth-order valence-electron chi connectivity index (χ4n) is 0.553. The molecule has 1 radical (unpaired) electrons. The van der Waals surface area contributed by atoms with Crippen LogP contribution >= 0.6 is 0 Å². The maximum absolute atomic E-state index is 5.08. The van der Waals surface area contributed by atoms with E-state index in [0.717, 1.165) is 0 Å². The molecule has 0 fully saturated rings. The molecule has 4 heteroatoms. The van der Waals surface area contributed by atoms with Crippen LogP contribution in [0.25, 0.3) is 0 Å². The van der Waals surface area contributed by atoms with Crippen molar-refractivity contribution in [1.29, 1.82) is 0 Å². The molecule has 0 N–H and O–H groups in total. The summed E-state index contributed by atoms with van der Waals surface area (Å²) in [5.74, 6) is 0. The van der Waals surface area contributed by atoms with Crippen molar-refractivity contribution in [2.75, 3.05) is 19.8 Å². The smallest absolute Gasteiger partial charge is 0.304 e. The maximum Gasteiger partial charge on any atom is 0.304 e. The monoisotopic (exact) mass is 146 g/mol. The summed E-state index contributed by atoms with van der Waals surface area (Å²) in [6, 6.07) is 0. The summed E-state index contributed by atoms with van der Waals surface area (Å²) < 4.78 is 15.2. The van der Waals surface area contributed by atoms with E-state index in [4.69, 9.17) is 14.0 Å². The van der Waals surface area contributed by atoms with Gasteiger partial charge in [-0.3, -0.25) is 0 Å². The molecule has 0 heterocycles. The van der Waals surface area contributed by atoms with Crippen LogP contribution < -0.4 is 0 Å². The van der Waals surface area contributed by atoms with Crippen LogP contribution in [-0.2, 0) is 14.0 Å². The summed E-state index contributed by atoms with van der Waals surface area (Å²) in [4.78, 5) is 0. The van der Waals surface area contributed by atoms with E-state index in [0.29, 0.717) is 19.8 Å². The summed E-state index contributed by atoms with van der Waals surface area (Å²) in [5.41, 5.74) is 0. The summed E-state index contributed by atoms with van der Waals surface area (Å²) >= 11 is 0. The Hall–Kier alpha value is -0.0551. The summed E-state index contributed by atoms with van der Waals surface area (Å²) in [6.07, 6.45) is 0. The predicted molar refractivity (Wildman–Crippen MR) is 40.6 cm³/mol. The molecule has 0 aliphatic heterocycles. The Balaban J connectivity index is 3.30. The topological polar surface area (TPSA) is 27.7 Å². The second-order valence-corrected chi connectivity index (χ2v) is 1.65. The normalized spacial score (nSPS) is 10.8. The van der Waals surface area contributed by atoms with Gasteiger partial charge in [-0.25, -0.2) is 0 Å². The third kappa shape index (κ3) is 4.79. The molecule has 0 rings (SSSR count). The van der Waals surface area contributed by atoms with Gasteiger partial charge in [0.2, 0.25) is 0 Å². The Morgan fingerprint density at radius 3 is 1.30 bits per heavy atom. The zero-order valence-corrected chi connectivity index (χ0v) is 6.92. The van der Waals surface area contributed by atoms with Gasteiger partial charge in [0, 0.05) is 0 Å². The first-order chi connectivity index (χ1) is 4.85. The second kappa shape index (κ2) is 7.06. The molecule has 0 atom stereocenters. The highest BCUT2D eigenvalue weighted by Crippen LogP contribution is 1.90. The molecule has 0 amide bonds. The average molecular weight is 146 g/mol. The van der Waals surface area contributed by atoms with Crippen LogP contribution in [0.2, 0.25) is 0 Å². The van der Waals surface area contributed by atoms with Crippen LogP contribution in [0.3, 0.4) is 0 Å². The van der Waals surface area contributed by atoms with Gasteiger partial charge in [-0.05, 0) is 40.6 Å². The number of hydrogen-bond acceptors (Lipinski definition) is 3. The first-order valence-electron chi connectivity index (χ1n) is 3.69. The molecule has 0 aliphatic carbocycles. The van der Waals surface area contributed by atoms with Gasteiger partial charge in [0.15, 0.2) is 0 Å². The molecule has 3 nitrogen and oxygen atoms in total. The SMILES string of the molecule is CCO[B-](OCC)OCC. The van der Waals surface area contributed by atoms with E-state index >= 15 is 0 Å². The lowest BCUT2D eigenvalue weighted by atomic mass is 10.2. The standard InChI is InChI=1S/C6H15BO3/c1-4-8-7(9-5-2)10-6-3/h4-6H2,1-3H3/q-1. The van der Waals surface area contributed by atoms with Crippen molar-refractivity contribution in [3.05, 3.63) is 0 Å².